The monoisotopic (exact) mass is 612 g/mol. The van der Waals surface area contributed by atoms with Gasteiger partial charge >= 0.3 is 24.1 Å². The average molecular weight is 613 g/mol. The van der Waals surface area contributed by atoms with Crippen molar-refractivity contribution in [3.63, 3.8) is 0 Å². The Hall–Kier alpha value is -4.28. The van der Waals surface area contributed by atoms with Crippen molar-refractivity contribution in [1.29, 1.82) is 0 Å². The third-order valence-electron chi connectivity index (χ3n) is 5.47. The smallest absolute Gasteiger partial charge is 0.407 e. The number of rotatable bonds is 21. The summed E-state index contributed by atoms with van der Waals surface area (Å²) in [6.07, 6.45) is 9.90. The van der Waals surface area contributed by atoms with Crippen LogP contribution < -0.4 is 10.6 Å². The van der Waals surface area contributed by atoms with Gasteiger partial charge in [-0.3, -0.25) is 9.59 Å². The molecule has 0 aromatic carbocycles. The molecule has 242 valence electrons. The number of ether oxygens (including phenoxy) is 4. The Labute approximate surface area is 263 Å². The Bertz CT molecular complexity index is 988. The Kier molecular flexibility index (Phi) is 28.6. The average Bonchev–Trinajstić information content (AvgIpc) is 3.01. The zero-order chi connectivity index (χ0) is 32.4. The van der Waals surface area contributed by atoms with Crippen molar-refractivity contribution >= 4 is 24.1 Å². The first-order valence-electron chi connectivity index (χ1n) is 15.5. The molecular weight excluding hydrogens is 564 g/mol. The number of amides is 2. The molecule has 0 saturated heterocycles. The molecule has 0 aromatic heterocycles. The van der Waals surface area contributed by atoms with E-state index in [-0.39, 0.29) is 26.3 Å². The van der Waals surface area contributed by atoms with E-state index < -0.39 is 24.1 Å². The van der Waals surface area contributed by atoms with E-state index >= 15 is 0 Å². The van der Waals surface area contributed by atoms with Crippen LogP contribution in [0.1, 0.15) is 104 Å². The Morgan fingerprint density at radius 2 is 0.773 bits per heavy atom. The van der Waals surface area contributed by atoms with Crippen LogP contribution in [0, 0.1) is 47.4 Å². The summed E-state index contributed by atoms with van der Waals surface area (Å²) in [5, 5.41) is 4.73. The molecule has 0 aliphatic rings. The summed E-state index contributed by atoms with van der Waals surface area (Å²) in [6.45, 7) is 4.86. The number of carbonyl (C=O) groups is 4. The lowest BCUT2D eigenvalue weighted by Gasteiger charge is -2.06. The van der Waals surface area contributed by atoms with Crippen LogP contribution in [0.2, 0.25) is 0 Å². The van der Waals surface area contributed by atoms with Crippen LogP contribution in [0.4, 0.5) is 9.59 Å². The van der Waals surface area contributed by atoms with Crippen LogP contribution in [0.5, 0.6) is 0 Å². The second-order valence-electron chi connectivity index (χ2n) is 9.46. The molecule has 10 heteroatoms. The summed E-state index contributed by atoms with van der Waals surface area (Å²) in [5.74, 6) is 22.5. The maximum absolute atomic E-state index is 11.5. The van der Waals surface area contributed by atoms with Gasteiger partial charge in [-0.1, -0.05) is 50.4 Å². The summed E-state index contributed by atoms with van der Waals surface area (Å²) in [7, 11) is 0. The van der Waals surface area contributed by atoms with E-state index in [0.717, 1.165) is 64.2 Å². The summed E-state index contributed by atoms with van der Waals surface area (Å²) in [6, 6.07) is 0. The molecule has 0 atom stereocenters. The number of hydrogen-bond donors (Lipinski definition) is 2. The van der Waals surface area contributed by atoms with Gasteiger partial charge in [-0.05, 0) is 75.0 Å². The molecule has 0 spiro atoms. The van der Waals surface area contributed by atoms with E-state index in [0.29, 0.717) is 38.9 Å². The second-order valence-corrected chi connectivity index (χ2v) is 9.46. The first-order chi connectivity index (χ1) is 21.5. The molecular formula is C34H48N2O8. The highest BCUT2D eigenvalue weighted by Gasteiger charge is 2.07. The van der Waals surface area contributed by atoms with Gasteiger partial charge in [0.15, 0.2) is 0 Å². The molecule has 0 radical (unpaired) electrons. The molecule has 0 fully saturated rings. The normalized spacial score (nSPS) is 9.23. The third kappa shape index (κ3) is 30.7. The van der Waals surface area contributed by atoms with Crippen LogP contribution in [0.15, 0.2) is 0 Å². The number of esters is 2. The summed E-state index contributed by atoms with van der Waals surface area (Å²) >= 11 is 0. The van der Waals surface area contributed by atoms with E-state index in [4.69, 9.17) is 18.9 Å². The third-order valence-corrected chi connectivity index (χ3v) is 5.47. The van der Waals surface area contributed by atoms with Gasteiger partial charge in [-0.15, -0.1) is 0 Å². The lowest BCUT2D eigenvalue weighted by atomic mass is 10.2. The van der Waals surface area contributed by atoms with E-state index in [9.17, 15) is 19.2 Å². The van der Waals surface area contributed by atoms with Gasteiger partial charge in [-0.25, -0.2) is 9.59 Å². The number of alkyl carbamates (subject to hydrolysis) is 2. The van der Waals surface area contributed by atoms with Gasteiger partial charge in [0.2, 0.25) is 0 Å². The summed E-state index contributed by atoms with van der Waals surface area (Å²) in [5.41, 5.74) is 0. The standard InChI is InChI=1S/C34H48N2O8/c1-3-5-25-41-31(37)29-35-33(39)43-27-23-21-19-17-15-13-11-9-7-8-10-12-14-16-18-20-22-24-28-44-34(40)36-30-32(38)42-26-6-4-2/h3-10,19-30H2,1-2H3,(H,35,39)(H,36,40). The van der Waals surface area contributed by atoms with E-state index in [1.165, 1.54) is 0 Å². The molecule has 0 bridgehead atoms. The van der Waals surface area contributed by atoms with Crippen molar-refractivity contribution in [2.75, 3.05) is 39.5 Å². The van der Waals surface area contributed by atoms with Gasteiger partial charge in [0, 0.05) is 25.7 Å². The zero-order valence-electron chi connectivity index (χ0n) is 26.4. The molecule has 2 amide bonds. The highest BCUT2D eigenvalue weighted by molar-refractivity contribution is 5.78. The van der Waals surface area contributed by atoms with Crippen LogP contribution >= 0.6 is 0 Å². The predicted molar refractivity (Wildman–Crippen MR) is 168 cm³/mol. The predicted octanol–water partition coefficient (Wildman–Crippen LogP) is 5.04. The minimum atomic E-state index is -0.632. The lowest BCUT2D eigenvalue weighted by Crippen LogP contribution is -2.31. The Morgan fingerprint density at radius 3 is 1.11 bits per heavy atom. The summed E-state index contributed by atoms with van der Waals surface area (Å²) in [4.78, 5) is 45.8. The SMILES string of the molecule is CCCCOC(=O)CNC(=O)OCCCCC#CC#CCCCCC#CC#CCCCCOC(=O)NCC(=O)OCCCC. The number of carbonyl (C=O) groups excluding carboxylic acids is 4. The molecule has 0 unspecified atom stereocenters. The van der Waals surface area contributed by atoms with Crippen LogP contribution in [0.3, 0.4) is 0 Å². The molecule has 10 nitrogen and oxygen atoms in total. The number of unbranched alkanes of at least 4 members (excludes halogenated alkanes) is 9. The lowest BCUT2D eigenvalue weighted by molar-refractivity contribution is -0.143. The van der Waals surface area contributed by atoms with Crippen molar-refractivity contribution in [2.45, 2.75) is 104 Å². The minimum Gasteiger partial charge on any atom is -0.464 e. The van der Waals surface area contributed by atoms with Crippen LogP contribution in [-0.2, 0) is 28.5 Å². The topological polar surface area (TPSA) is 129 Å². The van der Waals surface area contributed by atoms with Gasteiger partial charge in [0.05, 0.1) is 26.4 Å². The van der Waals surface area contributed by atoms with E-state index in [1.807, 2.05) is 13.8 Å². The molecule has 0 aliphatic heterocycles. The fourth-order valence-electron chi connectivity index (χ4n) is 2.97. The van der Waals surface area contributed by atoms with Crippen LogP contribution in [-0.4, -0.2) is 63.6 Å². The molecule has 0 saturated carbocycles. The maximum Gasteiger partial charge on any atom is 0.407 e. The molecule has 0 aliphatic carbocycles. The van der Waals surface area contributed by atoms with Gasteiger partial charge in [0.1, 0.15) is 13.1 Å². The van der Waals surface area contributed by atoms with Crippen molar-refractivity contribution in [2.24, 2.45) is 0 Å². The first-order valence-corrected chi connectivity index (χ1v) is 15.5. The number of nitrogens with one attached hydrogen (secondary N) is 2. The van der Waals surface area contributed by atoms with Crippen molar-refractivity contribution in [3.8, 4) is 47.4 Å². The highest BCUT2D eigenvalue weighted by Crippen LogP contribution is 1.98. The number of hydrogen-bond acceptors (Lipinski definition) is 8. The van der Waals surface area contributed by atoms with Crippen LogP contribution in [0.25, 0.3) is 0 Å². The van der Waals surface area contributed by atoms with Crippen molar-refractivity contribution < 1.29 is 38.1 Å². The highest BCUT2D eigenvalue weighted by atomic mass is 16.6. The van der Waals surface area contributed by atoms with Gasteiger partial charge in [0.25, 0.3) is 0 Å². The zero-order valence-corrected chi connectivity index (χ0v) is 26.4. The van der Waals surface area contributed by atoms with Gasteiger partial charge < -0.3 is 29.6 Å². The minimum absolute atomic E-state index is 0.193. The summed E-state index contributed by atoms with van der Waals surface area (Å²) < 4.78 is 19.9. The first kappa shape index (κ1) is 39.7. The van der Waals surface area contributed by atoms with Crippen molar-refractivity contribution in [3.05, 3.63) is 0 Å². The molecule has 0 aromatic rings. The largest absolute Gasteiger partial charge is 0.464 e. The maximum atomic E-state index is 11.5. The molecule has 44 heavy (non-hydrogen) atoms. The fraction of sp³-hybridized carbons (Fsp3) is 0.647. The van der Waals surface area contributed by atoms with Crippen molar-refractivity contribution in [1.82, 2.24) is 10.6 Å². The Morgan fingerprint density at radius 1 is 0.455 bits per heavy atom. The fourth-order valence-corrected chi connectivity index (χ4v) is 2.97. The van der Waals surface area contributed by atoms with Gasteiger partial charge in [-0.2, -0.15) is 0 Å². The second kappa shape index (κ2) is 31.7. The molecule has 0 heterocycles. The molecule has 0 rings (SSSR count). The van der Waals surface area contributed by atoms with E-state index in [1.54, 1.807) is 0 Å². The Balaban J connectivity index is 3.61. The quantitative estimate of drug-likeness (QED) is 0.0799. The molecule has 2 N–H and O–H groups in total. The van der Waals surface area contributed by atoms with E-state index in [2.05, 4.69) is 58.0 Å².